The predicted octanol–water partition coefficient (Wildman–Crippen LogP) is 1.73. The van der Waals surface area contributed by atoms with Crippen molar-refractivity contribution in [2.24, 2.45) is 29.4 Å². The topological polar surface area (TPSA) is 90.7 Å². The van der Waals surface area contributed by atoms with Crippen LogP contribution < -0.4 is 16.4 Å². The number of urea groups is 2. The summed E-state index contributed by atoms with van der Waals surface area (Å²) in [6.45, 7) is 3.67. The Morgan fingerprint density at radius 2 is 1.71 bits per heavy atom. The van der Waals surface area contributed by atoms with Crippen LogP contribution in [0.5, 0.6) is 0 Å². The van der Waals surface area contributed by atoms with Gasteiger partial charge in [-0.1, -0.05) is 0 Å². The average Bonchev–Trinajstić information content (AvgIpc) is 2.70. The second-order valence-corrected chi connectivity index (χ2v) is 10.1. The Labute approximate surface area is 167 Å². The molecule has 4 bridgehead atoms. The first kappa shape index (κ1) is 18.5. The van der Waals surface area contributed by atoms with Gasteiger partial charge in [0.15, 0.2) is 0 Å². The number of amides is 4. The molecule has 6 fully saturated rings. The number of rotatable bonds is 3. The van der Waals surface area contributed by atoms with Gasteiger partial charge >= 0.3 is 12.1 Å². The van der Waals surface area contributed by atoms with E-state index in [1.54, 1.807) is 0 Å². The molecule has 2 saturated heterocycles. The first-order chi connectivity index (χ1) is 13.5. The highest BCUT2D eigenvalue weighted by molar-refractivity contribution is 5.76. The molecule has 0 radical (unpaired) electrons. The summed E-state index contributed by atoms with van der Waals surface area (Å²) in [5.74, 6) is 2.96. The Bertz CT molecular complexity index is 602. The Kier molecular flexibility index (Phi) is 4.68. The second kappa shape index (κ2) is 7.08. The summed E-state index contributed by atoms with van der Waals surface area (Å²) in [5, 5.41) is 6.12. The fraction of sp³-hybridized carbons (Fsp3) is 0.905. The summed E-state index contributed by atoms with van der Waals surface area (Å²) >= 11 is 0. The Morgan fingerprint density at radius 1 is 1.07 bits per heavy atom. The van der Waals surface area contributed by atoms with E-state index in [1.807, 2.05) is 9.80 Å². The van der Waals surface area contributed by atoms with Crippen LogP contribution in [0.2, 0.25) is 0 Å². The fourth-order valence-corrected chi connectivity index (χ4v) is 7.07. The van der Waals surface area contributed by atoms with Crippen molar-refractivity contribution >= 4 is 12.1 Å². The van der Waals surface area contributed by atoms with Gasteiger partial charge in [0.2, 0.25) is 0 Å². The minimum atomic E-state index is -0.201. The zero-order valence-corrected chi connectivity index (χ0v) is 16.9. The lowest BCUT2D eigenvalue weighted by Gasteiger charge is -2.60. The summed E-state index contributed by atoms with van der Waals surface area (Å²) in [7, 11) is 0. The van der Waals surface area contributed by atoms with Crippen LogP contribution in [0.4, 0.5) is 9.59 Å². The van der Waals surface area contributed by atoms with E-state index in [2.05, 4.69) is 10.6 Å². The number of hydrogen-bond donors (Lipinski definition) is 3. The molecule has 0 atom stereocenters. The molecule has 156 valence electrons. The minimum absolute atomic E-state index is 0.0279. The van der Waals surface area contributed by atoms with Crippen molar-refractivity contribution in [2.45, 2.75) is 62.9 Å². The van der Waals surface area contributed by atoms with Gasteiger partial charge in [-0.15, -0.1) is 0 Å². The first-order valence-corrected chi connectivity index (χ1v) is 11.4. The summed E-state index contributed by atoms with van der Waals surface area (Å²) in [5.41, 5.74) is 6.72. The van der Waals surface area contributed by atoms with Crippen molar-refractivity contribution in [2.75, 3.05) is 32.7 Å². The normalized spacial score (nSPS) is 40.5. The highest BCUT2D eigenvalue weighted by atomic mass is 16.2. The molecule has 0 aromatic carbocycles. The fourth-order valence-electron chi connectivity index (χ4n) is 7.07. The molecule has 6 aliphatic rings. The van der Waals surface area contributed by atoms with Gasteiger partial charge in [0.25, 0.3) is 0 Å². The van der Waals surface area contributed by atoms with E-state index in [4.69, 9.17) is 5.73 Å². The largest absolute Gasteiger partial charge is 0.338 e. The molecule has 4 saturated carbocycles. The van der Waals surface area contributed by atoms with Crippen molar-refractivity contribution in [3.8, 4) is 0 Å². The van der Waals surface area contributed by atoms with Gasteiger partial charge in [-0.05, 0) is 75.0 Å². The zero-order valence-electron chi connectivity index (χ0n) is 16.9. The molecule has 0 unspecified atom stereocenters. The summed E-state index contributed by atoms with van der Waals surface area (Å²) < 4.78 is 0. The van der Waals surface area contributed by atoms with E-state index in [1.165, 1.54) is 32.1 Å². The molecule has 2 heterocycles. The van der Waals surface area contributed by atoms with Gasteiger partial charge < -0.3 is 26.2 Å². The van der Waals surface area contributed by atoms with Crippen molar-refractivity contribution in [1.29, 1.82) is 0 Å². The molecule has 6 rings (SSSR count). The van der Waals surface area contributed by atoms with Crippen LogP contribution in [-0.4, -0.2) is 66.2 Å². The molecule has 7 nitrogen and oxygen atoms in total. The molecule has 4 aliphatic carbocycles. The van der Waals surface area contributed by atoms with Crippen molar-refractivity contribution in [3.05, 3.63) is 0 Å². The number of likely N-dealkylation sites (tertiary alicyclic amines) is 1. The van der Waals surface area contributed by atoms with E-state index in [-0.39, 0.29) is 23.6 Å². The van der Waals surface area contributed by atoms with Crippen LogP contribution in [0, 0.1) is 23.7 Å². The van der Waals surface area contributed by atoms with Gasteiger partial charge in [-0.2, -0.15) is 0 Å². The van der Waals surface area contributed by atoms with E-state index in [9.17, 15) is 9.59 Å². The van der Waals surface area contributed by atoms with Gasteiger partial charge in [0.1, 0.15) is 0 Å². The van der Waals surface area contributed by atoms with Crippen LogP contribution in [0.1, 0.15) is 51.4 Å². The molecule has 2 aliphatic heterocycles. The molecule has 0 spiro atoms. The molecule has 7 heteroatoms. The third kappa shape index (κ3) is 3.15. The lowest BCUT2D eigenvalue weighted by atomic mass is 9.49. The second-order valence-electron chi connectivity index (χ2n) is 10.1. The third-order valence-electron chi connectivity index (χ3n) is 8.51. The van der Waals surface area contributed by atoms with Crippen LogP contribution in [-0.2, 0) is 0 Å². The van der Waals surface area contributed by atoms with E-state index in [0.717, 1.165) is 57.3 Å². The van der Waals surface area contributed by atoms with Crippen molar-refractivity contribution < 1.29 is 9.59 Å². The van der Waals surface area contributed by atoms with Crippen LogP contribution in [0.25, 0.3) is 0 Å². The van der Waals surface area contributed by atoms with Crippen LogP contribution in [0.15, 0.2) is 0 Å². The van der Waals surface area contributed by atoms with Crippen molar-refractivity contribution in [3.63, 3.8) is 0 Å². The molecule has 4 amide bonds. The maximum Gasteiger partial charge on any atom is 0.317 e. The summed E-state index contributed by atoms with van der Waals surface area (Å²) in [6.07, 6.45) is 9.22. The molecule has 0 aromatic rings. The summed E-state index contributed by atoms with van der Waals surface area (Å²) in [6, 6.07) is 0.343. The number of nitrogens with two attached hydrogens (primary N) is 1. The monoisotopic (exact) mass is 389 g/mol. The number of carbonyl (C=O) groups excluding carboxylic acids is 2. The summed E-state index contributed by atoms with van der Waals surface area (Å²) in [4.78, 5) is 28.7. The third-order valence-corrected chi connectivity index (χ3v) is 8.51. The van der Waals surface area contributed by atoms with Crippen LogP contribution >= 0.6 is 0 Å². The lowest BCUT2D eigenvalue weighted by molar-refractivity contribution is -0.0533. The number of nitrogens with one attached hydrogen (secondary N) is 2. The van der Waals surface area contributed by atoms with Gasteiger partial charge in [0, 0.05) is 44.3 Å². The lowest BCUT2D eigenvalue weighted by Crippen LogP contribution is -2.67. The van der Waals surface area contributed by atoms with Gasteiger partial charge in [-0.25, -0.2) is 9.59 Å². The molecular weight excluding hydrogens is 354 g/mol. The maximum absolute atomic E-state index is 12.8. The standard InChI is InChI=1S/C21H35N5O2/c22-21(16-9-14-8-15(11-16)12-17(21)10-14)13-24-19(27)25-6-2-18(3-7-25)26-5-1-4-23-20(26)28/h14-18H,1-13,22H2,(H,23,28)(H,24,27). The zero-order chi connectivity index (χ0) is 19.3. The number of hydrogen-bond acceptors (Lipinski definition) is 3. The van der Waals surface area contributed by atoms with E-state index >= 15 is 0 Å². The number of carbonyl (C=O) groups is 2. The smallest absolute Gasteiger partial charge is 0.317 e. The van der Waals surface area contributed by atoms with Gasteiger partial charge in [-0.3, -0.25) is 0 Å². The predicted molar refractivity (Wildman–Crippen MR) is 107 cm³/mol. The van der Waals surface area contributed by atoms with E-state index in [0.29, 0.717) is 18.4 Å². The Morgan fingerprint density at radius 3 is 2.32 bits per heavy atom. The first-order valence-electron chi connectivity index (χ1n) is 11.4. The highest BCUT2D eigenvalue weighted by Crippen LogP contribution is 2.57. The SMILES string of the molecule is NC1(CNC(=O)N2CCC(N3CCCNC3=O)CC2)C2CC3CC(C2)CC1C3. The Balaban J connectivity index is 1.13. The molecule has 28 heavy (non-hydrogen) atoms. The van der Waals surface area contributed by atoms with Crippen molar-refractivity contribution in [1.82, 2.24) is 20.4 Å². The number of piperidine rings is 1. The number of nitrogens with zero attached hydrogens (tertiary/aromatic N) is 2. The quantitative estimate of drug-likeness (QED) is 0.687. The average molecular weight is 390 g/mol. The Hall–Kier alpha value is -1.50. The molecule has 0 aromatic heterocycles. The maximum atomic E-state index is 12.8. The van der Waals surface area contributed by atoms with Crippen LogP contribution in [0.3, 0.4) is 0 Å². The molecule has 4 N–H and O–H groups in total. The molecular formula is C21H35N5O2. The van der Waals surface area contributed by atoms with E-state index < -0.39 is 0 Å². The van der Waals surface area contributed by atoms with Gasteiger partial charge in [0.05, 0.1) is 0 Å². The highest BCUT2D eigenvalue weighted by Gasteiger charge is 2.55. The minimum Gasteiger partial charge on any atom is -0.338 e.